The Morgan fingerprint density at radius 3 is 2.46 bits per heavy atom. The molecule has 5 heterocycles. The minimum absolute atomic E-state index is 0.0141. The molecule has 12 nitrogen and oxygen atoms in total. The maximum absolute atomic E-state index is 16.5. The summed E-state index contributed by atoms with van der Waals surface area (Å²) in [7, 11) is 1.65. The van der Waals surface area contributed by atoms with Gasteiger partial charge < -0.3 is 33.5 Å². The Labute approximate surface area is 356 Å². The van der Waals surface area contributed by atoms with E-state index in [2.05, 4.69) is 16.9 Å². The summed E-state index contributed by atoms with van der Waals surface area (Å²) in [5.41, 5.74) is 5.33. The van der Waals surface area contributed by atoms with Gasteiger partial charge in [-0.15, -0.1) is 6.42 Å². The fourth-order valence-electron chi connectivity index (χ4n) is 9.11. The van der Waals surface area contributed by atoms with Gasteiger partial charge in [0.2, 0.25) is 0 Å². The van der Waals surface area contributed by atoms with Crippen LogP contribution in [0.3, 0.4) is 0 Å². The van der Waals surface area contributed by atoms with Crippen LogP contribution in [0.2, 0.25) is 0 Å². The minimum atomic E-state index is -0.603. The molecule has 2 aromatic heterocycles. The molecule has 1 aliphatic carbocycles. The molecule has 13 heteroatoms. The largest absolute Gasteiger partial charge is 0.486 e. The van der Waals surface area contributed by atoms with Gasteiger partial charge in [0.05, 0.1) is 29.9 Å². The predicted octanol–water partition coefficient (Wildman–Crippen LogP) is 9.23. The molecular weight excluding hydrogens is 776 g/mol. The molecule has 320 valence electrons. The van der Waals surface area contributed by atoms with Gasteiger partial charge in [0, 0.05) is 60.3 Å². The highest BCUT2D eigenvalue weighted by atomic mass is 19.1. The first-order chi connectivity index (χ1) is 29.3. The van der Waals surface area contributed by atoms with Crippen LogP contribution >= 0.6 is 0 Å². The van der Waals surface area contributed by atoms with E-state index < -0.39 is 11.7 Å². The third-order valence-corrected chi connectivity index (χ3v) is 12.7. The number of anilines is 1. The molecule has 3 aromatic carbocycles. The molecule has 9 rings (SSSR count). The monoisotopic (exact) mass is 830 g/mol. The number of terminal acetylenes is 1. The van der Waals surface area contributed by atoms with Gasteiger partial charge in [-0.1, -0.05) is 18.1 Å². The van der Waals surface area contributed by atoms with Gasteiger partial charge in [0.15, 0.2) is 12.0 Å². The van der Waals surface area contributed by atoms with E-state index in [9.17, 15) is 4.79 Å². The molecule has 4 aliphatic rings. The number of benzene rings is 3. The summed E-state index contributed by atoms with van der Waals surface area (Å²) in [4.78, 5) is 27.8. The zero-order chi connectivity index (χ0) is 42.7. The maximum atomic E-state index is 16.5. The molecule has 5 aromatic rings. The lowest BCUT2D eigenvalue weighted by atomic mass is 9.88. The molecule has 0 N–H and O–H groups in total. The summed E-state index contributed by atoms with van der Waals surface area (Å²) in [5.74, 6) is 3.77. The lowest BCUT2D eigenvalue weighted by Gasteiger charge is -2.36. The molecule has 61 heavy (non-hydrogen) atoms. The number of aromatic nitrogens is 4. The number of amides is 1. The number of methoxy groups -OCH3 is 1. The summed E-state index contributed by atoms with van der Waals surface area (Å²) >= 11 is 0. The smallest absolute Gasteiger partial charge is 0.410 e. The topological polar surface area (TPSA) is 113 Å². The number of carbonyl (C=O) groups is 1. The van der Waals surface area contributed by atoms with Gasteiger partial charge >= 0.3 is 12.1 Å². The van der Waals surface area contributed by atoms with Crippen molar-refractivity contribution in [1.82, 2.24) is 24.6 Å². The van der Waals surface area contributed by atoms with Crippen molar-refractivity contribution in [2.75, 3.05) is 31.7 Å². The summed E-state index contributed by atoms with van der Waals surface area (Å²) in [6, 6.07) is 11.6. The molecule has 3 aliphatic heterocycles. The average molecular weight is 831 g/mol. The van der Waals surface area contributed by atoms with Crippen LogP contribution in [0.1, 0.15) is 108 Å². The Bertz CT molecular complexity index is 2520. The molecule has 0 spiro atoms. The highest BCUT2D eigenvalue weighted by molar-refractivity contribution is 6.06. The number of hydrogen-bond acceptors (Lipinski definition) is 10. The number of halogens is 1. The summed E-state index contributed by atoms with van der Waals surface area (Å²) in [5, 5.41) is 6.46. The number of likely N-dealkylation sites (tertiary alicyclic amines) is 1. The van der Waals surface area contributed by atoms with E-state index >= 15 is 4.39 Å². The van der Waals surface area contributed by atoms with Gasteiger partial charge in [-0.2, -0.15) is 15.1 Å². The number of hydrogen-bond donors (Lipinski definition) is 0. The number of carbonyl (C=O) groups excluding carboxylic acids is 1. The zero-order valence-corrected chi connectivity index (χ0v) is 36.2. The average Bonchev–Trinajstić information content (AvgIpc) is 3.69. The quantitative estimate of drug-likeness (QED) is 0.119. The Kier molecular flexibility index (Phi) is 10.8. The van der Waals surface area contributed by atoms with Crippen LogP contribution < -0.4 is 14.4 Å². The van der Waals surface area contributed by atoms with E-state index in [1.54, 1.807) is 13.2 Å². The molecule has 4 fully saturated rings. The van der Waals surface area contributed by atoms with Gasteiger partial charge in [-0.3, -0.25) is 0 Å². The Balaban J connectivity index is 1.26. The molecule has 1 amide bonds. The summed E-state index contributed by atoms with van der Waals surface area (Å²) in [6.45, 7) is 13.2. The standard InChI is InChI=1S/C48H55FN6O6/c1-9-30-13-15-31(16-14-30)26-59-44-42(41-27(2)38(49)22-39-37(41)23-50-55(39)40-12-10-11-19-58-40)35(32-17-18-32)21-36-43(44)51-46(60-29(4)28(3)57-8)52-45(36)53-24-34-20-33(53)25-54(34)47(56)61-48(5,6)7/h1,13-16,21-23,28-29,32-34,40H,10-12,17-20,24-26H2,2-8H3/t28-,29-,33+,34+,40?/m1/s1. The fourth-order valence-corrected chi connectivity index (χ4v) is 9.11. The van der Waals surface area contributed by atoms with Crippen molar-refractivity contribution in [3.05, 3.63) is 70.7 Å². The van der Waals surface area contributed by atoms with E-state index in [1.807, 2.05) is 81.6 Å². The molecule has 0 radical (unpaired) electrons. The predicted molar refractivity (Wildman–Crippen MR) is 232 cm³/mol. The first-order valence-electron chi connectivity index (χ1n) is 21.6. The van der Waals surface area contributed by atoms with Crippen LogP contribution in [-0.4, -0.2) is 87.4 Å². The Hall–Kier alpha value is -5.45. The summed E-state index contributed by atoms with van der Waals surface area (Å²) in [6.07, 6.45) is 11.8. The lowest BCUT2D eigenvalue weighted by molar-refractivity contribution is -0.0366. The number of nitrogens with zero attached hydrogens (tertiary/aromatic N) is 6. The van der Waals surface area contributed by atoms with Gasteiger partial charge in [0.25, 0.3) is 0 Å². The third-order valence-electron chi connectivity index (χ3n) is 12.7. The van der Waals surface area contributed by atoms with Gasteiger partial charge in [-0.25, -0.2) is 13.9 Å². The SMILES string of the molecule is C#Cc1ccc(COc2c(-c3c(C)c(F)cc4c3cnn4C3CCCCO3)c(C3CC3)cc3c(N4C[C@@H]5C[C@H]4CN5C(=O)OC(C)(C)C)nc(O[C@H](C)[C@@H](C)OC)nc23)cc1. The van der Waals surface area contributed by atoms with Crippen LogP contribution in [0, 0.1) is 25.1 Å². The second-order valence-electron chi connectivity index (χ2n) is 18.1. The molecule has 2 bridgehead atoms. The highest BCUT2D eigenvalue weighted by Crippen LogP contribution is 2.54. The molecule has 3 saturated heterocycles. The number of piperazine rings is 1. The zero-order valence-electron chi connectivity index (χ0n) is 36.2. The van der Waals surface area contributed by atoms with Crippen molar-refractivity contribution in [1.29, 1.82) is 0 Å². The van der Waals surface area contributed by atoms with Crippen molar-refractivity contribution < 1.29 is 32.9 Å². The lowest BCUT2D eigenvalue weighted by Crippen LogP contribution is -2.50. The van der Waals surface area contributed by atoms with Gasteiger partial charge in [-0.05, 0) is 121 Å². The van der Waals surface area contributed by atoms with Crippen LogP contribution in [0.4, 0.5) is 15.0 Å². The molecular formula is C48H55FN6O6. The third kappa shape index (κ3) is 7.85. The normalized spacial score (nSPS) is 21.2. The number of fused-ring (bicyclic) bond motifs is 4. The maximum Gasteiger partial charge on any atom is 0.410 e. The molecule has 1 saturated carbocycles. The molecule has 5 atom stereocenters. The van der Waals surface area contributed by atoms with E-state index in [1.165, 1.54) is 0 Å². The van der Waals surface area contributed by atoms with E-state index in [0.29, 0.717) is 47.9 Å². The minimum Gasteiger partial charge on any atom is -0.486 e. The van der Waals surface area contributed by atoms with E-state index in [4.69, 9.17) is 45.2 Å². The highest BCUT2D eigenvalue weighted by Gasteiger charge is 2.48. The van der Waals surface area contributed by atoms with Crippen LogP contribution in [-0.2, 0) is 20.8 Å². The van der Waals surface area contributed by atoms with E-state index in [0.717, 1.165) is 77.1 Å². The Morgan fingerprint density at radius 2 is 1.80 bits per heavy atom. The van der Waals surface area contributed by atoms with E-state index in [-0.39, 0.29) is 54.9 Å². The molecule has 1 unspecified atom stereocenters. The Morgan fingerprint density at radius 1 is 1.02 bits per heavy atom. The second kappa shape index (κ2) is 16.1. The first-order valence-corrected chi connectivity index (χ1v) is 21.6. The van der Waals surface area contributed by atoms with Crippen molar-refractivity contribution in [2.24, 2.45) is 0 Å². The number of ether oxygens (including phenoxy) is 5. The van der Waals surface area contributed by atoms with Crippen molar-refractivity contribution in [3.63, 3.8) is 0 Å². The fraction of sp³-hybridized carbons (Fsp3) is 0.500. The van der Waals surface area contributed by atoms with Crippen molar-refractivity contribution in [2.45, 2.75) is 129 Å². The van der Waals surface area contributed by atoms with Crippen LogP contribution in [0.5, 0.6) is 11.8 Å². The number of rotatable bonds is 11. The second-order valence-corrected chi connectivity index (χ2v) is 18.1. The first kappa shape index (κ1) is 40.9. The van der Waals surface area contributed by atoms with Crippen LogP contribution in [0.15, 0.2) is 42.6 Å². The van der Waals surface area contributed by atoms with Crippen molar-refractivity contribution in [3.8, 4) is 35.2 Å². The van der Waals surface area contributed by atoms with Crippen LogP contribution in [0.25, 0.3) is 32.9 Å². The summed E-state index contributed by atoms with van der Waals surface area (Å²) < 4.78 is 49.6. The van der Waals surface area contributed by atoms with Gasteiger partial charge in [0.1, 0.15) is 35.5 Å². The van der Waals surface area contributed by atoms with Crippen molar-refractivity contribution >= 4 is 33.7 Å².